The Balaban J connectivity index is 2.83. The molecule has 0 bridgehead atoms. The molecule has 0 heterocycles. The molecule has 0 amide bonds. The minimum Gasteiger partial charge on any atom is -0.475 e. The SMILES string of the molecule is O=C(O)C(=O)C#Cc1ccc(Cl)cc1. The number of benzene rings is 1. The predicted molar refractivity (Wildman–Crippen MR) is 51.0 cm³/mol. The fraction of sp³-hybridized carbons (Fsp3) is 0. The van der Waals surface area contributed by atoms with Crippen LogP contribution in [-0.4, -0.2) is 16.9 Å². The van der Waals surface area contributed by atoms with Crippen LogP contribution >= 0.6 is 11.6 Å². The number of rotatable bonds is 1. The molecule has 1 rings (SSSR count). The van der Waals surface area contributed by atoms with Crippen LogP contribution in [0.3, 0.4) is 0 Å². The highest BCUT2D eigenvalue weighted by Crippen LogP contribution is 2.08. The van der Waals surface area contributed by atoms with Gasteiger partial charge < -0.3 is 5.11 Å². The lowest BCUT2D eigenvalue weighted by Gasteiger charge is -1.89. The van der Waals surface area contributed by atoms with Crippen molar-refractivity contribution >= 4 is 23.4 Å². The third kappa shape index (κ3) is 2.92. The number of carbonyl (C=O) groups is 2. The molecule has 0 aliphatic heterocycles. The van der Waals surface area contributed by atoms with Crippen molar-refractivity contribution in [3.05, 3.63) is 34.9 Å². The van der Waals surface area contributed by atoms with Crippen LogP contribution in [0.2, 0.25) is 5.02 Å². The van der Waals surface area contributed by atoms with Crippen LogP contribution < -0.4 is 0 Å². The molecule has 1 N–H and O–H groups in total. The summed E-state index contributed by atoms with van der Waals surface area (Å²) in [6, 6.07) is 6.42. The van der Waals surface area contributed by atoms with Gasteiger partial charge in [-0.3, -0.25) is 4.79 Å². The second kappa shape index (κ2) is 4.45. The number of aliphatic carboxylic acids is 1. The quantitative estimate of drug-likeness (QED) is 0.560. The molecule has 4 heteroatoms. The average molecular weight is 209 g/mol. The van der Waals surface area contributed by atoms with Crippen LogP contribution in [-0.2, 0) is 9.59 Å². The van der Waals surface area contributed by atoms with E-state index in [0.29, 0.717) is 10.6 Å². The molecule has 0 atom stereocenters. The summed E-state index contributed by atoms with van der Waals surface area (Å²) in [5.41, 5.74) is 0.545. The van der Waals surface area contributed by atoms with E-state index < -0.39 is 11.8 Å². The third-order valence-electron chi connectivity index (χ3n) is 1.36. The van der Waals surface area contributed by atoms with E-state index in [2.05, 4.69) is 5.92 Å². The number of carboxylic acids is 1. The summed E-state index contributed by atoms with van der Waals surface area (Å²) in [6.45, 7) is 0. The first-order chi connectivity index (χ1) is 6.59. The van der Waals surface area contributed by atoms with Crippen molar-refractivity contribution in [2.45, 2.75) is 0 Å². The van der Waals surface area contributed by atoms with Gasteiger partial charge in [-0.15, -0.1) is 0 Å². The predicted octanol–water partition coefficient (Wildman–Crippen LogP) is 1.35. The Morgan fingerprint density at radius 2 is 1.79 bits per heavy atom. The lowest BCUT2D eigenvalue weighted by molar-refractivity contribution is -0.146. The van der Waals surface area contributed by atoms with Crippen LogP contribution in [0.15, 0.2) is 24.3 Å². The van der Waals surface area contributed by atoms with E-state index in [1.54, 1.807) is 24.3 Å². The number of halogens is 1. The highest BCUT2D eigenvalue weighted by atomic mass is 35.5. The lowest BCUT2D eigenvalue weighted by Crippen LogP contribution is -2.08. The Labute approximate surface area is 85.3 Å². The van der Waals surface area contributed by atoms with E-state index in [-0.39, 0.29) is 0 Å². The zero-order valence-electron chi connectivity index (χ0n) is 6.95. The Morgan fingerprint density at radius 1 is 1.21 bits per heavy atom. The number of carbonyl (C=O) groups excluding carboxylic acids is 1. The highest BCUT2D eigenvalue weighted by Gasteiger charge is 2.05. The van der Waals surface area contributed by atoms with Crippen LogP contribution in [0.1, 0.15) is 5.56 Å². The molecule has 70 valence electrons. The Kier molecular flexibility index (Phi) is 3.27. The summed E-state index contributed by atoms with van der Waals surface area (Å²) >= 11 is 5.62. The van der Waals surface area contributed by atoms with Gasteiger partial charge in [0.25, 0.3) is 0 Å². The zero-order chi connectivity index (χ0) is 10.6. The van der Waals surface area contributed by atoms with E-state index >= 15 is 0 Å². The van der Waals surface area contributed by atoms with E-state index in [0.717, 1.165) is 0 Å². The molecule has 3 nitrogen and oxygen atoms in total. The van der Waals surface area contributed by atoms with Crippen molar-refractivity contribution in [1.29, 1.82) is 0 Å². The summed E-state index contributed by atoms with van der Waals surface area (Å²) < 4.78 is 0. The van der Waals surface area contributed by atoms with Gasteiger partial charge in [-0.1, -0.05) is 17.5 Å². The first kappa shape index (κ1) is 10.3. The molecular formula is C10H5ClO3. The van der Waals surface area contributed by atoms with Crippen molar-refractivity contribution in [3.63, 3.8) is 0 Å². The van der Waals surface area contributed by atoms with Crippen LogP contribution in [0.5, 0.6) is 0 Å². The van der Waals surface area contributed by atoms with Crippen molar-refractivity contribution in [3.8, 4) is 11.8 Å². The Morgan fingerprint density at radius 3 is 2.29 bits per heavy atom. The monoisotopic (exact) mass is 208 g/mol. The molecule has 1 aromatic rings. The van der Waals surface area contributed by atoms with Gasteiger partial charge >= 0.3 is 11.8 Å². The molecule has 0 aliphatic rings. The molecular weight excluding hydrogens is 204 g/mol. The standard InChI is InChI=1S/C10H5ClO3/c11-8-4-1-7(2-5-8)3-6-9(12)10(13)14/h1-2,4-5H,(H,13,14). The van der Waals surface area contributed by atoms with E-state index in [9.17, 15) is 9.59 Å². The topological polar surface area (TPSA) is 54.4 Å². The minimum absolute atomic E-state index is 0.545. The Bertz CT molecular complexity index is 423. The molecule has 14 heavy (non-hydrogen) atoms. The van der Waals surface area contributed by atoms with Gasteiger partial charge in [0.1, 0.15) is 0 Å². The molecule has 0 radical (unpaired) electrons. The first-order valence-corrected chi connectivity index (χ1v) is 4.02. The molecule has 1 aromatic carbocycles. The first-order valence-electron chi connectivity index (χ1n) is 3.64. The fourth-order valence-corrected chi connectivity index (χ4v) is 0.842. The van der Waals surface area contributed by atoms with E-state index in [1.165, 1.54) is 0 Å². The van der Waals surface area contributed by atoms with Gasteiger partial charge in [-0.25, -0.2) is 4.79 Å². The highest BCUT2D eigenvalue weighted by molar-refractivity contribution is 6.40. The number of ketones is 1. The maximum absolute atomic E-state index is 10.6. The minimum atomic E-state index is -1.55. The number of carboxylic acid groups (broad SMARTS) is 1. The average Bonchev–Trinajstić information content (AvgIpc) is 2.16. The van der Waals surface area contributed by atoms with Crippen molar-refractivity contribution in [1.82, 2.24) is 0 Å². The summed E-state index contributed by atoms with van der Waals surface area (Å²) in [7, 11) is 0. The summed E-state index contributed by atoms with van der Waals surface area (Å²) in [4.78, 5) is 20.7. The third-order valence-corrected chi connectivity index (χ3v) is 1.61. The van der Waals surface area contributed by atoms with E-state index in [1.807, 2.05) is 5.92 Å². The largest absolute Gasteiger partial charge is 0.475 e. The second-order valence-electron chi connectivity index (χ2n) is 2.39. The van der Waals surface area contributed by atoms with Gasteiger partial charge in [0.2, 0.25) is 0 Å². The summed E-state index contributed by atoms with van der Waals surface area (Å²) in [5, 5.41) is 8.79. The molecule has 0 unspecified atom stereocenters. The van der Waals surface area contributed by atoms with Gasteiger partial charge in [-0.2, -0.15) is 0 Å². The maximum Gasteiger partial charge on any atom is 0.385 e. The van der Waals surface area contributed by atoms with Crippen molar-refractivity contribution in [2.75, 3.05) is 0 Å². The molecule has 0 saturated carbocycles. The number of Topliss-reactive ketones (excluding diaryl/α,β-unsaturated/α-hetero) is 1. The molecule has 0 saturated heterocycles. The maximum atomic E-state index is 10.6. The van der Waals surface area contributed by atoms with Gasteiger partial charge in [-0.05, 0) is 30.2 Å². The van der Waals surface area contributed by atoms with Crippen LogP contribution in [0.25, 0.3) is 0 Å². The van der Waals surface area contributed by atoms with Crippen LogP contribution in [0, 0.1) is 11.8 Å². The summed E-state index contributed by atoms with van der Waals surface area (Å²) in [6.07, 6.45) is 0. The second-order valence-corrected chi connectivity index (χ2v) is 2.83. The zero-order valence-corrected chi connectivity index (χ0v) is 7.71. The molecule has 0 aromatic heterocycles. The summed E-state index contributed by atoms with van der Waals surface area (Å²) in [5.74, 6) is 1.73. The molecule has 0 aliphatic carbocycles. The molecule has 0 fully saturated rings. The van der Waals surface area contributed by atoms with Crippen molar-refractivity contribution in [2.24, 2.45) is 0 Å². The lowest BCUT2D eigenvalue weighted by atomic mass is 10.2. The van der Waals surface area contributed by atoms with Gasteiger partial charge in [0, 0.05) is 10.6 Å². The fourth-order valence-electron chi connectivity index (χ4n) is 0.716. The normalized spacial score (nSPS) is 8.64. The van der Waals surface area contributed by atoms with Gasteiger partial charge in [0.15, 0.2) is 0 Å². The number of hydrogen-bond acceptors (Lipinski definition) is 2. The van der Waals surface area contributed by atoms with Crippen molar-refractivity contribution < 1.29 is 14.7 Å². The van der Waals surface area contributed by atoms with Gasteiger partial charge in [0.05, 0.1) is 0 Å². The molecule has 0 spiro atoms. The van der Waals surface area contributed by atoms with Crippen LogP contribution in [0.4, 0.5) is 0 Å². The smallest absolute Gasteiger partial charge is 0.385 e. The number of hydrogen-bond donors (Lipinski definition) is 1. The Hall–Kier alpha value is -1.79. The van der Waals surface area contributed by atoms with E-state index in [4.69, 9.17) is 16.7 Å².